The molecule has 0 saturated carbocycles. The lowest BCUT2D eigenvalue weighted by atomic mass is 10.1. The molecule has 160 valence electrons. The topological polar surface area (TPSA) is 74.2 Å². The largest absolute Gasteiger partial charge is 0.324 e. The summed E-state index contributed by atoms with van der Waals surface area (Å²) in [4.78, 5) is 13.7. The van der Waals surface area contributed by atoms with Crippen molar-refractivity contribution < 1.29 is 0 Å². The molecule has 0 bridgehead atoms. The molecule has 1 aliphatic rings. The van der Waals surface area contributed by atoms with E-state index in [1.54, 1.807) is 18.0 Å². The predicted molar refractivity (Wildman–Crippen MR) is 130 cm³/mol. The molecule has 2 aromatic carbocycles. The minimum atomic E-state index is 0.277. The van der Waals surface area contributed by atoms with E-state index in [2.05, 4.69) is 87.2 Å². The zero-order chi connectivity index (χ0) is 21.5. The van der Waals surface area contributed by atoms with Crippen LogP contribution in [-0.4, -0.2) is 40.0 Å². The van der Waals surface area contributed by atoms with Gasteiger partial charge in [-0.25, -0.2) is 9.97 Å². The number of nitrogens with one attached hydrogen (secondary N) is 3. The standard InChI is InChI=1S/C24H28N6S/c1-17-12-18(2)14-20(13-17)29-24-27-9-8-21(30-24)23-28-16-22(31-23)26-11-10-25-15-19-6-4-3-5-7-19/h3-9,12-14,22,25-26H,10-11,15-16H2,1-2H3,(H,27,29,30). The summed E-state index contributed by atoms with van der Waals surface area (Å²) < 4.78 is 0. The predicted octanol–water partition coefficient (Wildman–Crippen LogP) is 4.04. The fourth-order valence-electron chi connectivity index (χ4n) is 3.49. The van der Waals surface area contributed by atoms with Crippen LogP contribution in [0.2, 0.25) is 0 Å². The molecule has 31 heavy (non-hydrogen) atoms. The van der Waals surface area contributed by atoms with Crippen molar-refractivity contribution in [2.75, 3.05) is 25.0 Å². The van der Waals surface area contributed by atoms with E-state index in [-0.39, 0.29) is 5.37 Å². The molecular weight excluding hydrogens is 404 g/mol. The Morgan fingerprint density at radius 1 is 1.00 bits per heavy atom. The molecule has 3 N–H and O–H groups in total. The van der Waals surface area contributed by atoms with E-state index < -0.39 is 0 Å². The Morgan fingerprint density at radius 3 is 2.61 bits per heavy atom. The fourth-order valence-corrected chi connectivity index (χ4v) is 4.49. The van der Waals surface area contributed by atoms with Gasteiger partial charge in [-0.05, 0) is 48.7 Å². The Morgan fingerprint density at radius 2 is 1.81 bits per heavy atom. The normalized spacial score (nSPS) is 15.7. The van der Waals surface area contributed by atoms with E-state index in [1.807, 2.05) is 12.1 Å². The van der Waals surface area contributed by atoms with Crippen molar-refractivity contribution in [2.45, 2.75) is 25.8 Å². The molecule has 2 heterocycles. The van der Waals surface area contributed by atoms with Crippen molar-refractivity contribution in [1.82, 2.24) is 20.6 Å². The quantitative estimate of drug-likeness (QED) is 0.443. The first-order chi connectivity index (χ1) is 15.2. The molecule has 0 radical (unpaired) electrons. The van der Waals surface area contributed by atoms with Gasteiger partial charge in [-0.15, -0.1) is 0 Å². The second-order valence-electron chi connectivity index (χ2n) is 7.64. The number of anilines is 2. The number of hydrogen-bond acceptors (Lipinski definition) is 7. The van der Waals surface area contributed by atoms with Gasteiger partial charge in [0.15, 0.2) is 0 Å². The van der Waals surface area contributed by atoms with Gasteiger partial charge in [0.05, 0.1) is 11.9 Å². The van der Waals surface area contributed by atoms with E-state index in [0.717, 1.165) is 42.6 Å². The average Bonchev–Trinajstić information content (AvgIpc) is 3.23. The van der Waals surface area contributed by atoms with Crippen molar-refractivity contribution >= 4 is 28.4 Å². The summed E-state index contributed by atoms with van der Waals surface area (Å²) in [5.41, 5.74) is 5.58. The molecule has 1 aromatic heterocycles. The maximum Gasteiger partial charge on any atom is 0.227 e. The van der Waals surface area contributed by atoms with Crippen molar-refractivity contribution in [2.24, 2.45) is 4.99 Å². The first kappa shape index (κ1) is 21.5. The maximum absolute atomic E-state index is 4.69. The summed E-state index contributed by atoms with van der Waals surface area (Å²) in [6.07, 6.45) is 1.78. The van der Waals surface area contributed by atoms with E-state index in [0.29, 0.717) is 5.95 Å². The molecule has 1 aliphatic heterocycles. The smallest absolute Gasteiger partial charge is 0.227 e. The molecule has 0 amide bonds. The van der Waals surface area contributed by atoms with Crippen LogP contribution < -0.4 is 16.0 Å². The second-order valence-corrected chi connectivity index (χ2v) is 8.83. The minimum absolute atomic E-state index is 0.277. The van der Waals surface area contributed by atoms with Crippen molar-refractivity contribution in [1.29, 1.82) is 0 Å². The van der Waals surface area contributed by atoms with E-state index >= 15 is 0 Å². The first-order valence-electron chi connectivity index (χ1n) is 10.5. The number of aromatic nitrogens is 2. The Labute approximate surface area is 188 Å². The highest BCUT2D eigenvalue weighted by Gasteiger charge is 2.21. The molecule has 6 nitrogen and oxygen atoms in total. The van der Waals surface area contributed by atoms with E-state index in [4.69, 9.17) is 0 Å². The third-order valence-corrected chi connectivity index (χ3v) is 6.01. The van der Waals surface area contributed by atoms with Gasteiger partial charge in [-0.1, -0.05) is 48.2 Å². The monoisotopic (exact) mass is 432 g/mol. The average molecular weight is 433 g/mol. The van der Waals surface area contributed by atoms with Crippen LogP contribution in [0.4, 0.5) is 11.6 Å². The van der Waals surface area contributed by atoms with Gasteiger partial charge in [0.25, 0.3) is 0 Å². The number of benzene rings is 2. The zero-order valence-corrected chi connectivity index (χ0v) is 18.7. The van der Waals surface area contributed by atoms with Gasteiger partial charge in [0.1, 0.15) is 10.7 Å². The number of hydrogen-bond donors (Lipinski definition) is 3. The summed E-state index contributed by atoms with van der Waals surface area (Å²) in [5.74, 6) is 0.590. The highest BCUT2D eigenvalue weighted by atomic mass is 32.2. The fraction of sp³-hybridized carbons (Fsp3) is 0.292. The molecule has 3 aromatic rings. The van der Waals surface area contributed by atoms with E-state index in [1.165, 1.54) is 16.7 Å². The van der Waals surface area contributed by atoms with Gasteiger partial charge in [0, 0.05) is 31.5 Å². The van der Waals surface area contributed by atoms with Crippen molar-refractivity contribution in [3.63, 3.8) is 0 Å². The van der Waals surface area contributed by atoms with E-state index in [9.17, 15) is 0 Å². The van der Waals surface area contributed by atoms with Crippen molar-refractivity contribution in [3.05, 3.63) is 83.2 Å². The van der Waals surface area contributed by atoms with Crippen LogP contribution in [0.3, 0.4) is 0 Å². The molecule has 1 unspecified atom stereocenters. The first-order valence-corrected chi connectivity index (χ1v) is 11.4. The zero-order valence-electron chi connectivity index (χ0n) is 17.9. The van der Waals surface area contributed by atoms with Crippen LogP contribution in [0.15, 0.2) is 65.8 Å². The summed E-state index contributed by atoms with van der Waals surface area (Å²) in [6.45, 7) is 7.63. The Hall–Kier alpha value is -2.74. The number of nitrogens with zero attached hydrogens (tertiary/aromatic N) is 3. The second kappa shape index (κ2) is 10.5. The lowest BCUT2D eigenvalue weighted by Gasteiger charge is -2.12. The van der Waals surface area contributed by atoms with Gasteiger partial charge < -0.3 is 16.0 Å². The Kier molecular flexibility index (Phi) is 7.30. The van der Waals surface area contributed by atoms with Crippen LogP contribution in [0.5, 0.6) is 0 Å². The molecule has 0 saturated heterocycles. The van der Waals surface area contributed by atoms with Crippen LogP contribution in [0.25, 0.3) is 0 Å². The molecular formula is C24H28N6S. The summed E-state index contributed by atoms with van der Waals surface area (Å²) in [5, 5.41) is 11.6. The lowest BCUT2D eigenvalue weighted by Crippen LogP contribution is -2.33. The van der Waals surface area contributed by atoms with Gasteiger partial charge >= 0.3 is 0 Å². The highest BCUT2D eigenvalue weighted by molar-refractivity contribution is 8.15. The molecule has 0 spiro atoms. The Bertz CT molecular complexity index is 1020. The summed E-state index contributed by atoms with van der Waals surface area (Å²) in [7, 11) is 0. The van der Waals surface area contributed by atoms with Gasteiger partial charge in [-0.3, -0.25) is 4.99 Å². The van der Waals surface area contributed by atoms with Crippen molar-refractivity contribution in [3.8, 4) is 0 Å². The van der Waals surface area contributed by atoms with Crippen LogP contribution in [0, 0.1) is 13.8 Å². The van der Waals surface area contributed by atoms with Gasteiger partial charge in [0.2, 0.25) is 5.95 Å². The molecule has 0 fully saturated rings. The lowest BCUT2D eigenvalue weighted by molar-refractivity contribution is 0.599. The Balaban J connectivity index is 1.24. The minimum Gasteiger partial charge on any atom is -0.324 e. The van der Waals surface area contributed by atoms with Crippen LogP contribution >= 0.6 is 11.8 Å². The number of thioether (sulfide) groups is 1. The number of rotatable bonds is 9. The van der Waals surface area contributed by atoms with Crippen LogP contribution in [-0.2, 0) is 6.54 Å². The number of aliphatic imine (C=N–C) groups is 1. The highest BCUT2D eigenvalue weighted by Crippen LogP contribution is 2.24. The SMILES string of the molecule is Cc1cc(C)cc(Nc2nccc(C3=NCC(NCCNCc4ccccc4)S3)n2)c1. The molecule has 7 heteroatoms. The maximum atomic E-state index is 4.69. The molecule has 4 rings (SSSR count). The molecule has 0 aliphatic carbocycles. The summed E-state index contributed by atoms with van der Waals surface area (Å²) in [6, 6.07) is 18.7. The van der Waals surface area contributed by atoms with Crippen LogP contribution in [0.1, 0.15) is 22.4 Å². The number of aryl methyl sites for hydroxylation is 2. The summed E-state index contributed by atoms with van der Waals surface area (Å²) >= 11 is 1.73. The van der Waals surface area contributed by atoms with Gasteiger partial charge in [-0.2, -0.15) is 0 Å². The molecule has 1 atom stereocenters. The third-order valence-electron chi connectivity index (χ3n) is 4.85. The third kappa shape index (κ3) is 6.37.